The van der Waals surface area contributed by atoms with Gasteiger partial charge in [-0.25, -0.2) is 4.79 Å². The summed E-state index contributed by atoms with van der Waals surface area (Å²) >= 11 is 0. The summed E-state index contributed by atoms with van der Waals surface area (Å²) in [6, 6.07) is 4.26. The number of rotatable bonds is 4. The Labute approximate surface area is 139 Å². The standard InChI is InChI=1S/C17H18N2O5/c1-3-4-7-22-16(20)14-10(2)18-17(21)19-15(14)11-5-6-12-13(8-11)24-9-23-12/h3-6,8,14-15H,2,7,9H2,1H3,(H2,18,19,21)/b4-3+/t14-,15+/m0/s1. The van der Waals surface area contributed by atoms with Gasteiger partial charge in [0.2, 0.25) is 6.79 Å². The molecule has 2 aliphatic rings. The summed E-state index contributed by atoms with van der Waals surface area (Å²) in [5.41, 5.74) is 1.01. The van der Waals surface area contributed by atoms with E-state index in [9.17, 15) is 9.59 Å². The highest BCUT2D eigenvalue weighted by Crippen LogP contribution is 2.37. The van der Waals surface area contributed by atoms with Gasteiger partial charge in [0.15, 0.2) is 11.5 Å². The van der Waals surface area contributed by atoms with Crippen molar-refractivity contribution in [2.45, 2.75) is 13.0 Å². The van der Waals surface area contributed by atoms with Crippen molar-refractivity contribution in [3.63, 3.8) is 0 Å². The first-order valence-corrected chi connectivity index (χ1v) is 7.54. The summed E-state index contributed by atoms with van der Waals surface area (Å²) in [7, 11) is 0. The second kappa shape index (κ2) is 6.66. The number of carbonyl (C=O) groups is 2. The van der Waals surface area contributed by atoms with Crippen LogP contribution in [0.25, 0.3) is 0 Å². The van der Waals surface area contributed by atoms with Crippen LogP contribution in [0.5, 0.6) is 11.5 Å². The minimum Gasteiger partial charge on any atom is -0.461 e. The predicted molar refractivity (Wildman–Crippen MR) is 85.4 cm³/mol. The number of nitrogens with one attached hydrogen (secondary N) is 2. The van der Waals surface area contributed by atoms with Gasteiger partial charge in [-0.05, 0) is 24.6 Å². The van der Waals surface area contributed by atoms with Crippen LogP contribution in [0.15, 0.2) is 42.6 Å². The Bertz CT molecular complexity index is 713. The van der Waals surface area contributed by atoms with Gasteiger partial charge < -0.3 is 24.8 Å². The van der Waals surface area contributed by atoms with Crippen molar-refractivity contribution in [1.82, 2.24) is 10.6 Å². The Morgan fingerprint density at radius 3 is 3.00 bits per heavy atom. The third kappa shape index (κ3) is 3.05. The van der Waals surface area contributed by atoms with Crippen LogP contribution in [0.4, 0.5) is 4.79 Å². The molecule has 0 aliphatic carbocycles. The minimum atomic E-state index is -0.742. The first-order valence-electron chi connectivity index (χ1n) is 7.54. The molecule has 3 rings (SSSR count). The van der Waals surface area contributed by atoms with E-state index in [0.29, 0.717) is 22.8 Å². The lowest BCUT2D eigenvalue weighted by molar-refractivity contribution is -0.147. The van der Waals surface area contributed by atoms with Crippen molar-refractivity contribution in [2.24, 2.45) is 5.92 Å². The molecule has 1 aromatic carbocycles. The van der Waals surface area contributed by atoms with Crippen molar-refractivity contribution in [3.8, 4) is 11.5 Å². The van der Waals surface area contributed by atoms with Gasteiger partial charge in [-0.3, -0.25) is 4.79 Å². The van der Waals surface area contributed by atoms with E-state index in [-0.39, 0.29) is 13.4 Å². The highest BCUT2D eigenvalue weighted by molar-refractivity contribution is 5.85. The van der Waals surface area contributed by atoms with E-state index in [4.69, 9.17) is 14.2 Å². The van der Waals surface area contributed by atoms with Gasteiger partial charge in [0.05, 0.1) is 6.04 Å². The Balaban J connectivity index is 1.87. The highest BCUT2D eigenvalue weighted by atomic mass is 16.7. The molecular formula is C17H18N2O5. The number of benzene rings is 1. The summed E-state index contributed by atoms with van der Waals surface area (Å²) in [6.45, 7) is 5.95. The Morgan fingerprint density at radius 1 is 1.42 bits per heavy atom. The zero-order valence-electron chi connectivity index (χ0n) is 13.2. The molecule has 0 saturated carbocycles. The van der Waals surface area contributed by atoms with Gasteiger partial charge in [-0.2, -0.15) is 0 Å². The Kier molecular flexibility index (Phi) is 4.41. The number of hydrogen-bond donors (Lipinski definition) is 2. The largest absolute Gasteiger partial charge is 0.461 e. The van der Waals surface area contributed by atoms with Crippen molar-refractivity contribution in [1.29, 1.82) is 0 Å². The zero-order chi connectivity index (χ0) is 17.1. The summed E-state index contributed by atoms with van der Waals surface area (Å²) in [5.74, 6) is -0.00133. The SMILES string of the molecule is C=C1NC(=O)N[C@H](c2ccc3c(c2)OCO3)[C@H]1C(=O)OC/C=C/C. The van der Waals surface area contributed by atoms with Crippen LogP contribution < -0.4 is 20.1 Å². The van der Waals surface area contributed by atoms with Crippen LogP contribution in [0.3, 0.4) is 0 Å². The maximum atomic E-state index is 12.4. The third-order valence-corrected chi connectivity index (χ3v) is 3.84. The normalized spacial score (nSPS) is 22.2. The number of ether oxygens (including phenoxy) is 3. The second-order valence-corrected chi connectivity index (χ2v) is 5.39. The average molecular weight is 330 g/mol. The van der Waals surface area contributed by atoms with Crippen LogP contribution in [0, 0.1) is 5.92 Å². The molecule has 0 unspecified atom stereocenters. The molecule has 2 atom stereocenters. The lowest BCUT2D eigenvalue weighted by atomic mass is 9.89. The monoisotopic (exact) mass is 330 g/mol. The van der Waals surface area contributed by atoms with Crippen molar-refractivity contribution < 1.29 is 23.8 Å². The first-order chi connectivity index (χ1) is 11.6. The number of esters is 1. The fraction of sp³-hybridized carbons (Fsp3) is 0.294. The van der Waals surface area contributed by atoms with E-state index in [1.807, 2.05) is 6.92 Å². The molecule has 2 N–H and O–H groups in total. The highest BCUT2D eigenvalue weighted by Gasteiger charge is 2.39. The van der Waals surface area contributed by atoms with Gasteiger partial charge in [0.1, 0.15) is 12.5 Å². The fourth-order valence-electron chi connectivity index (χ4n) is 2.66. The minimum absolute atomic E-state index is 0.152. The van der Waals surface area contributed by atoms with Crippen LogP contribution in [0.1, 0.15) is 18.5 Å². The Morgan fingerprint density at radius 2 is 2.21 bits per heavy atom. The molecule has 126 valence electrons. The number of amides is 2. The van der Waals surface area contributed by atoms with Gasteiger partial charge >= 0.3 is 12.0 Å². The summed E-state index contributed by atoms with van der Waals surface area (Å²) < 4.78 is 15.9. The van der Waals surface area contributed by atoms with Crippen molar-refractivity contribution in [3.05, 3.63) is 48.2 Å². The smallest absolute Gasteiger partial charge is 0.319 e. The molecule has 0 radical (unpaired) electrons. The van der Waals surface area contributed by atoms with Gasteiger partial charge in [-0.1, -0.05) is 24.8 Å². The molecule has 24 heavy (non-hydrogen) atoms. The Hall–Kier alpha value is -2.96. The quantitative estimate of drug-likeness (QED) is 0.651. The lowest BCUT2D eigenvalue weighted by Gasteiger charge is -2.33. The van der Waals surface area contributed by atoms with Crippen molar-refractivity contribution in [2.75, 3.05) is 13.4 Å². The molecule has 1 fully saturated rings. The topological polar surface area (TPSA) is 85.9 Å². The number of hydrogen-bond acceptors (Lipinski definition) is 5. The van der Waals surface area contributed by atoms with Gasteiger partial charge in [-0.15, -0.1) is 0 Å². The van der Waals surface area contributed by atoms with Crippen LogP contribution >= 0.6 is 0 Å². The molecule has 7 heteroatoms. The molecular weight excluding hydrogens is 312 g/mol. The van der Waals surface area contributed by atoms with E-state index in [2.05, 4.69) is 17.2 Å². The number of urea groups is 1. The number of carbonyl (C=O) groups excluding carboxylic acids is 2. The van der Waals surface area contributed by atoms with Gasteiger partial charge in [0.25, 0.3) is 0 Å². The molecule has 7 nitrogen and oxygen atoms in total. The van der Waals surface area contributed by atoms with Crippen LogP contribution in [0.2, 0.25) is 0 Å². The van der Waals surface area contributed by atoms with E-state index in [1.54, 1.807) is 30.4 Å². The van der Waals surface area contributed by atoms with Gasteiger partial charge in [0, 0.05) is 5.70 Å². The summed E-state index contributed by atoms with van der Waals surface area (Å²) in [5, 5.41) is 5.28. The molecule has 2 aliphatic heterocycles. The van der Waals surface area contributed by atoms with E-state index in [0.717, 1.165) is 0 Å². The van der Waals surface area contributed by atoms with Crippen LogP contribution in [-0.4, -0.2) is 25.4 Å². The summed E-state index contributed by atoms with van der Waals surface area (Å²) in [6.07, 6.45) is 3.52. The average Bonchev–Trinajstić information content (AvgIpc) is 3.01. The third-order valence-electron chi connectivity index (χ3n) is 3.84. The molecule has 2 amide bonds. The first kappa shape index (κ1) is 15.9. The number of fused-ring (bicyclic) bond motifs is 1. The van der Waals surface area contributed by atoms with E-state index >= 15 is 0 Å². The lowest BCUT2D eigenvalue weighted by Crippen LogP contribution is -2.51. The molecule has 1 aromatic rings. The summed E-state index contributed by atoms with van der Waals surface area (Å²) in [4.78, 5) is 24.3. The maximum absolute atomic E-state index is 12.4. The van der Waals surface area contributed by atoms with Crippen LogP contribution in [-0.2, 0) is 9.53 Å². The number of allylic oxidation sites excluding steroid dienone is 1. The molecule has 1 saturated heterocycles. The van der Waals surface area contributed by atoms with E-state index < -0.39 is 24.0 Å². The second-order valence-electron chi connectivity index (χ2n) is 5.39. The molecule has 0 bridgehead atoms. The zero-order valence-corrected chi connectivity index (χ0v) is 13.2. The fourth-order valence-corrected chi connectivity index (χ4v) is 2.66. The predicted octanol–water partition coefficient (Wildman–Crippen LogP) is 2.02. The molecule has 0 aromatic heterocycles. The van der Waals surface area contributed by atoms with Crippen molar-refractivity contribution >= 4 is 12.0 Å². The maximum Gasteiger partial charge on any atom is 0.319 e. The molecule has 2 heterocycles. The molecule has 0 spiro atoms. The van der Waals surface area contributed by atoms with E-state index in [1.165, 1.54) is 0 Å².